The Morgan fingerprint density at radius 1 is 1.17 bits per heavy atom. The average Bonchev–Trinajstić information content (AvgIpc) is 3.24. The third-order valence-electron chi connectivity index (χ3n) is 4.96. The molecule has 0 unspecified atom stereocenters. The van der Waals surface area contributed by atoms with Crippen molar-refractivity contribution in [2.24, 2.45) is 0 Å². The number of thiophene rings is 1. The van der Waals surface area contributed by atoms with Crippen LogP contribution in [0.25, 0.3) is 21.3 Å². The second kappa shape index (κ2) is 10.0. The molecule has 0 fully saturated rings. The van der Waals surface area contributed by atoms with Gasteiger partial charge < -0.3 is 5.32 Å². The summed E-state index contributed by atoms with van der Waals surface area (Å²) in [6.45, 7) is 3.77. The lowest BCUT2D eigenvalue weighted by Crippen LogP contribution is -2.24. The molecule has 5 nitrogen and oxygen atoms in total. The molecule has 0 atom stereocenters. The van der Waals surface area contributed by atoms with Crippen molar-refractivity contribution in [2.75, 3.05) is 11.1 Å². The van der Waals surface area contributed by atoms with Crippen molar-refractivity contribution >= 4 is 44.9 Å². The molecule has 4 aromatic rings. The summed E-state index contributed by atoms with van der Waals surface area (Å²) in [4.78, 5) is 30.7. The molecular formula is C24H17F4N3O2S2. The summed E-state index contributed by atoms with van der Waals surface area (Å²) in [5, 5.41) is 4.62. The van der Waals surface area contributed by atoms with E-state index >= 15 is 0 Å². The monoisotopic (exact) mass is 519 g/mol. The van der Waals surface area contributed by atoms with Crippen LogP contribution in [0.1, 0.15) is 5.56 Å². The number of hydrogen-bond acceptors (Lipinski definition) is 5. The number of anilines is 1. The van der Waals surface area contributed by atoms with Gasteiger partial charge in [-0.15, -0.1) is 17.9 Å². The number of hydrogen-bond donors (Lipinski definition) is 1. The van der Waals surface area contributed by atoms with E-state index < -0.39 is 23.5 Å². The normalized spacial score (nSPS) is 11.5. The van der Waals surface area contributed by atoms with E-state index in [-0.39, 0.29) is 28.7 Å². The first-order chi connectivity index (χ1) is 16.7. The van der Waals surface area contributed by atoms with Gasteiger partial charge in [0.1, 0.15) is 10.6 Å². The van der Waals surface area contributed by atoms with Gasteiger partial charge in [0.15, 0.2) is 5.16 Å². The van der Waals surface area contributed by atoms with Crippen LogP contribution in [0.15, 0.2) is 76.5 Å². The van der Waals surface area contributed by atoms with Crippen molar-refractivity contribution in [1.82, 2.24) is 9.55 Å². The van der Waals surface area contributed by atoms with Crippen LogP contribution in [0.5, 0.6) is 0 Å². The Bertz CT molecular complexity index is 1460. The topological polar surface area (TPSA) is 64.0 Å². The molecule has 0 saturated heterocycles. The van der Waals surface area contributed by atoms with E-state index in [1.54, 1.807) is 17.5 Å². The largest absolute Gasteiger partial charge is 0.418 e. The van der Waals surface area contributed by atoms with Crippen LogP contribution >= 0.6 is 23.1 Å². The third-order valence-corrected chi connectivity index (χ3v) is 6.81. The summed E-state index contributed by atoms with van der Waals surface area (Å²) < 4.78 is 54.3. The zero-order valence-electron chi connectivity index (χ0n) is 17.9. The fourth-order valence-corrected chi connectivity index (χ4v) is 5.20. The highest BCUT2D eigenvalue weighted by atomic mass is 32.2. The first-order valence-corrected chi connectivity index (χ1v) is 12.0. The van der Waals surface area contributed by atoms with Crippen LogP contribution in [0.3, 0.4) is 0 Å². The molecule has 180 valence electrons. The molecule has 11 heteroatoms. The Morgan fingerprint density at radius 2 is 1.89 bits per heavy atom. The Morgan fingerprint density at radius 3 is 2.57 bits per heavy atom. The van der Waals surface area contributed by atoms with Gasteiger partial charge in [0.05, 0.1) is 22.4 Å². The lowest BCUT2D eigenvalue weighted by molar-refractivity contribution is -0.137. The Hall–Kier alpha value is -3.44. The Balaban J connectivity index is 1.62. The third kappa shape index (κ3) is 5.30. The molecular weight excluding hydrogens is 502 g/mol. The van der Waals surface area contributed by atoms with Crippen LogP contribution in [0.4, 0.5) is 23.2 Å². The fraction of sp³-hybridized carbons (Fsp3) is 0.125. The second-order valence-corrected chi connectivity index (χ2v) is 9.12. The molecule has 35 heavy (non-hydrogen) atoms. The van der Waals surface area contributed by atoms with Crippen molar-refractivity contribution in [1.29, 1.82) is 0 Å². The molecule has 2 aromatic heterocycles. The molecule has 2 heterocycles. The lowest BCUT2D eigenvalue weighted by atomic mass is 10.1. The van der Waals surface area contributed by atoms with Crippen molar-refractivity contribution in [3.8, 4) is 11.1 Å². The number of carbonyl (C=O) groups is 1. The first kappa shape index (κ1) is 24.7. The van der Waals surface area contributed by atoms with Crippen molar-refractivity contribution in [3.05, 3.63) is 88.3 Å². The number of halogens is 4. The molecule has 0 radical (unpaired) electrons. The molecule has 0 spiro atoms. The van der Waals surface area contributed by atoms with Crippen molar-refractivity contribution in [2.45, 2.75) is 17.9 Å². The number of allylic oxidation sites excluding steroid dienone is 1. The highest BCUT2D eigenvalue weighted by molar-refractivity contribution is 7.99. The number of amides is 1. The highest BCUT2D eigenvalue weighted by Gasteiger charge is 2.33. The van der Waals surface area contributed by atoms with Crippen LogP contribution in [-0.4, -0.2) is 21.2 Å². The number of thioether (sulfide) groups is 1. The van der Waals surface area contributed by atoms with Gasteiger partial charge in [0.25, 0.3) is 5.56 Å². The predicted octanol–water partition coefficient (Wildman–Crippen LogP) is 6.20. The number of nitrogens with one attached hydrogen (secondary N) is 1. The lowest BCUT2D eigenvalue weighted by Gasteiger charge is -2.14. The van der Waals surface area contributed by atoms with Crippen LogP contribution < -0.4 is 10.9 Å². The van der Waals surface area contributed by atoms with E-state index in [2.05, 4.69) is 16.9 Å². The van der Waals surface area contributed by atoms with Crippen LogP contribution in [0, 0.1) is 5.82 Å². The summed E-state index contributed by atoms with van der Waals surface area (Å²) >= 11 is 2.16. The molecule has 2 aromatic carbocycles. The summed E-state index contributed by atoms with van der Waals surface area (Å²) in [5.74, 6) is -1.34. The number of aromatic nitrogens is 2. The standard InChI is InChI=1S/C24H17F4N3O2S2/c1-2-11-31-22(33)20-16(14-7-9-15(25)10-8-14)12-34-21(20)30-23(31)35-13-19(32)29-18-6-4-3-5-17(18)24(26,27)28/h2-10,12H,1,11,13H2,(H,29,32). The van der Waals surface area contributed by atoms with Gasteiger partial charge in [-0.2, -0.15) is 13.2 Å². The van der Waals surface area contributed by atoms with Gasteiger partial charge in [-0.1, -0.05) is 42.1 Å². The van der Waals surface area contributed by atoms with Gasteiger partial charge in [-0.25, -0.2) is 9.37 Å². The van der Waals surface area contributed by atoms with E-state index in [0.717, 1.165) is 17.8 Å². The number of para-hydroxylation sites is 1. The maximum Gasteiger partial charge on any atom is 0.418 e. The molecule has 0 aliphatic heterocycles. The molecule has 1 N–H and O–H groups in total. The van der Waals surface area contributed by atoms with E-state index in [1.165, 1.54) is 52.3 Å². The van der Waals surface area contributed by atoms with Gasteiger partial charge >= 0.3 is 6.18 Å². The average molecular weight is 520 g/mol. The van der Waals surface area contributed by atoms with Crippen LogP contribution in [-0.2, 0) is 17.5 Å². The maximum atomic E-state index is 13.3. The molecule has 0 bridgehead atoms. The number of benzene rings is 2. The molecule has 4 rings (SSSR count). The van der Waals surface area contributed by atoms with Crippen LogP contribution in [0.2, 0.25) is 0 Å². The smallest absolute Gasteiger partial charge is 0.325 e. The number of nitrogens with zero attached hydrogens (tertiary/aromatic N) is 2. The summed E-state index contributed by atoms with van der Waals surface area (Å²) in [5.41, 5.74) is -0.392. The number of rotatable bonds is 7. The zero-order valence-corrected chi connectivity index (χ0v) is 19.6. The SMILES string of the molecule is C=CCn1c(SCC(=O)Nc2ccccc2C(F)(F)F)nc2scc(-c3ccc(F)cc3)c2c1=O. The number of alkyl halides is 3. The van der Waals surface area contributed by atoms with E-state index in [0.29, 0.717) is 21.3 Å². The molecule has 1 amide bonds. The highest BCUT2D eigenvalue weighted by Crippen LogP contribution is 2.35. The summed E-state index contributed by atoms with van der Waals surface area (Å²) in [6, 6.07) is 10.4. The van der Waals surface area contributed by atoms with E-state index in [4.69, 9.17) is 0 Å². The number of carbonyl (C=O) groups excluding carboxylic acids is 1. The maximum absolute atomic E-state index is 13.3. The predicted molar refractivity (Wildman–Crippen MR) is 130 cm³/mol. The van der Waals surface area contributed by atoms with Crippen molar-refractivity contribution < 1.29 is 22.4 Å². The second-order valence-electron chi connectivity index (χ2n) is 7.32. The first-order valence-electron chi connectivity index (χ1n) is 10.2. The minimum Gasteiger partial charge on any atom is -0.325 e. The van der Waals surface area contributed by atoms with E-state index in [1.807, 2.05) is 0 Å². The minimum atomic E-state index is -4.62. The molecule has 0 aliphatic carbocycles. The van der Waals surface area contributed by atoms with Gasteiger partial charge in [0.2, 0.25) is 5.91 Å². The van der Waals surface area contributed by atoms with Gasteiger partial charge in [-0.05, 0) is 29.8 Å². The Kier molecular flexibility index (Phi) is 7.08. The minimum absolute atomic E-state index is 0.112. The quantitative estimate of drug-likeness (QED) is 0.137. The van der Waals surface area contributed by atoms with Gasteiger partial charge in [0, 0.05) is 17.5 Å². The van der Waals surface area contributed by atoms with Gasteiger partial charge in [-0.3, -0.25) is 14.2 Å². The molecule has 0 aliphatic rings. The summed E-state index contributed by atoms with van der Waals surface area (Å²) in [7, 11) is 0. The fourth-order valence-electron chi connectivity index (χ4n) is 3.40. The number of fused-ring (bicyclic) bond motifs is 1. The zero-order chi connectivity index (χ0) is 25.2. The van der Waals surface area contributed by atoms with E-state index in [9.17, 15) is 27.2 Å². The molecule has 0 saturated carbocycles. The Labute approximate surface area is 205 Å². The summed E-state index contributed by atoms with van der Waals surface area (Å²) in [6.07, 6.45) is -3.11. The van der Waals surface area contributed by atoms with Crippen molar-refractivity contribution in [3.63, 3.8) is 0 Å².